The Balaban J connectivity index is 1.64. The van der Waals surface area contributed by atoms with Gasteiger partial charge in [0.25, 0.3) is 0 Å². The van der Waals surface area contributed by atoms with Crippen LogP contribution in [-0.2, 0) is 4.79 Å². The van der Waals surface area contributed by atoms with Crippen molar-refractivity contribution in [2.75, 3.05) is 31.1 Å². The molecule has 6 heteroatoms. The Labute approximate surface area is 160 Å². The summed E-state index contributed by atoms with van der Waals surface area (Å²) in [6, 6.07) is 8.50. The van der Waals surface area contributed by atoms with Gasteiger partial charge in [0.05, 0.1) is 17.6 Å². The number of hydrogen-bond donors (Lipinski definition) is 2. The van der Waals surface area contributed by atoms with Gasteiger partial charge in [0.15, 0.2) is 6.29 Å². The monoisotopic (exact) mass is 365 g/mol. The van der Waals surface area contributed by atoms with Crippen LogP contribution in [0.5, 0.6) is 0 Å². The molecule has 2 heterocycles. The van der Waals surface area contributed by atoms with Gasteiger partial charge < -0.3 is 9.88 Å². The number of benzene rings is 1. The molecule has 2 N–H and O–H groups in total. The quantitative estimate of drug-likeness (QED) is 0.630. The lowest BCUT2D eigenvalue weighted by atomic mass is 10.0. The first-order valence-electron chi connectivity index (χ1n) is 9.24. The van der Waals surface area contributed by atoms with Gasteiger partial charge in [0.1, 0.15) is 5.82 Å². The maximum atomic E-state index is 10.5. The molecule has 0 atom stereocenters. The second-order valence-corrected chi connectivity index (χ2v) is 7.78. The number of carbonyl (C=O) groups excluding carboxylic acids is 1. The molecule has 27 heavy (non-hydrogen) atoms. The SMILES string of the molecule is CC(C)(C)N1CCN(c2ccc(-c3cnc(/C=C\C(=N)C=O)[nH]3)cc2)CC1. The standard InChI is InChI=1S/C21H27N5O/c1-21(2,3)26-12-10-25(11-13-26)18-7-4-16(5-8-18)19-14-23-20(24-19)9-6-17(22)15-27/h4-9,14-15,22H,10-13H2,1-3H3,(H,23,24)/b9-6-,22-17?. The number of aldehydes is 1. The number of aromatic nitrogens is 2. The lowest BCUT2D eigenvalue weighted by molar-refractivity contribution is -0.102. The van der Waals surface area contributed by atoms with E-state index in [2.05, 4.69) is 64.8 Å². The van der Waals surface area contributed by atoms with Crippen LogP contribution in [0.25, 0.3) is 17.3 Å². The number of aromatic amines is 1. The minimum absolute atomic E-state index is 0.0798. The summed E-state index contributed by atoms with van der Waals surface area (Å²) in [6.07, 6.45) is 5.32. The molecule has 1 aliphatic heterocycles. The van der Waals surface area contributed by atoms with E-state index in [0.29, 0.717) is 12.1 Å². The fraction of sp³-hybridized carbons (Fsp3) is 0.381. The molecular weight excluding hydrogens is 338 g/mol. The topological polar surface area (TPSA) is 76.1 Å². The normalized spacial score (nSPS) is 16.0. The van der Waals surface area contributed by atoms with E-state index in [-0.39, 0.29) is 11.3 Å². The fourth-order valence-electron chi connectivity index (χ4n) is 3.26. The highest BCUT2D eigenvalue weighted by Gasteiger charge is 2.25. The smallest absolute Gasteiger partial charge is 0.167 e. The molecule has 3 rings (SSSR count). The third-order valence-corrected chi connectivity index (χ3v) is 4.92. The highest BCUT2D eigenvalue weighted by Crippen LogP contribution is 2.24. The number of piperazine rings is 1. The first-order chi connectivity index (χ1) is 12.9. The average molecular weight is 365 g/mol. The Hall–Kier alpha value is -2.73. The maximum absolute atomic E-state index is 10.5. The van der Waals surface area contributed by atoms with Crippen molar-refractivity contribution < 1.29 is 4.79 Å². The van der Waals surface area contributed by atoms with E-state index in [9.17, 15) is 4.79 Å². The van der Waals surface area contributed by atoms with Gasteiger partial charge in [-0.05, 0) is 50.6 Å². The zero-order valence-electron chi connectivity index (χ0n) is 16.2. The fourth-order valence-corrected chi connectivity index (χ4v) is 3.26. The van der Waals surface area contributed by atoms with Crippen molar-refractivity contribution in [1.82, 2.24) is 14.9 Å². The third kappa shape index (κ3) is 4.71. The summed E-state index contributed by atoms with van der Waals surface area (Å²) in [5.41, 5.74) is 3.36. The number of H-pyrrole nitrogens is 1. The largest absolute Gasteiger partial charge is 0.369 e. The summed E-state index contributed by atoms with van der Waals surface area (Å²) < 4.78 is 0. The van der Waals surface area contributed by atoms with Gasteiger partial charge in [-0.1, -0.05) is 12.1 Å². The minimum atomic E-state index is -0.0798. The summed E-state index contributed by atoms with van der Waals surface area (Å²) in [7, 11) is 0. The first kappa shape index (κ1) is 19.0. The van der Waals surface area contributed by atoms with Crippen LogP contribution in [0.4, 0.5) is 5.69 Å². The van der Waals surface area contributed by atoms with E-state index < -0.39 is 0 Å². The molecule has 0 bridgehead atoms. The molecule has 2 aromatic rings. The minimum Gasteiger partial charge on any atom is -0.369 e. The van der Waals surface area contributed by atoms with Gasteiger partial charge in [-0.3, -0.25) is 15.1 Å². The molecule has 1 aliphatic rings. The molecule has 6 nitrogen and oxygen atoms in total. The van der Waals surface area contributed by atoms with Gasteiger partial charge >= 0.3 is 0 Å². The molecule has 0 amide bonds. The van der Waals surface area contributed by atoms with Crippen molar-refractivity contribution in [3.63, 3.8) is 0 Å². The maximum Gasteiger partial charge on any atom is 0.167 e. The summed E-state index contributed by atoms with van der Waals surface area (Å²) in [6.45, 7) is 11.1. The van der Waals surface area contributed by atoms with E-state index in [4.69, 9.17) is 5.41 Å². The van der Waals surface area contributed by atoms with E-state index in [1.54, 1.807) is 12.3 Å². The summed E-state index contributed by atoms with van der Waals surface area (Å²) in [5, 5.41) is 7.32. The second kappa shape index (κ2) is 7.88. The molecule has 0 saturated carbocycles. The number of allylic oxidation sites excluding steroid dienone is 1. The average Bonchev–Trinajstić information content (AvgIpc) is 3.14. The van der Waals surface area contributed by atoms with Crippen LogP contribution in [0.1, 0.15) is 26.6 Å². The van der Waals surface area contributed by atoms with Crippen LogP contribution in [0, 0.1) is 5.41 Å². The molecule has 1 fully saturated rings. The summed E-state index contributed by atoms with van der Waals surface area (Å²) >= 11 is 0. The Morgan fingerprint density at radius 1 is 1.15 bits per heavy atom. The van der Waals surface area contributed by atoms with E-state index >= 15 is 0 Å². The van der Waals surface area contributed by atoms with Crippen molar-refractivity contribution in [1.29, 1.82) is 5.41 Å². The van der Waals surface area contributed by atoms with Crippen molar-refractivity contribution in [2.24, 2.45) is 0 Å². The van der Waals surface area contributed by atoms with Crippen LogP contribution in [0.2, 0.25) is 0 Å². The highest BCUT2D eigenvalue weighted by atomic mass is 16.1. The van der Waals surface area contributed by atoms with E-state index in [1.807, 2.05) is 0 Å². The van der Waals surface area contributed by atoms with Gasteiger partial charge in [0, 0.05) is 37.4 Å². The molecule has 1 aromatic heterocycles. The van der Waals surface area contributed by atoms with E-state index in [0.717, 1.165) is 37.4 Å². The number of nitrogens with one attached hydrogen (secondary N) is 2. The summed E-state index contributed by atoms with van der Waals surface area (Å²) in [4.78, 5) is 22.9. The second-order valence-electron chi connectivity index (χ2n) is 7.78. The number of carbonyl (C=O) groups is 1. The lowest BCUT2D eigenvalue weighted by Crippen LogP contribution is -2.53. The molecule has 0 spiro atoms. The molecule has 142 valence electrons. The first-order valence-corrected chi connectivity index (χ1v) is 9.24. The number of imidazole rings is 1. The van der Waals surface area contributed by atoms with Gasteiger partial charge in [-0.2, -0.15) is 0 Å². The van der Waals surface area contributed by atoms with Crippen LogP contribution in [0.15, 0.2) is 36.5 Å². The number of rotatable bonds is 5. The van der Waals surface area contributed by atoms with Crippen LogP contribution in [0.3, 0.4) is 0 Å². The number of nitrogens with zero attached hydrogens (tertiary/aromatic N) is 3. The Morgan fingerprint density at radius 2 is 1.81 bits per heavy atom. The Bertz CT molecular complexity index is 821. The molecule has 0 unspecified atom stereocenters. The third-order valence-electron chi connectivity index (χ3n) is 4.92. The molecule has 0 radical (unpaired) electrons. The number of anilines is 1. The van der Waals surface area contributed by atoms with Gasteiger partial charge in [-0.25, -0.2) is 4.98 Å². The highest BCUT2D eigenvalue weighted by molar-refractivity contribution is 6.33. The zero-order valence-corrected chi connectivity index (χ0v) is 16.2. The molecular formula is C21H27N5O. The molecule has 0 aliphatic carbocycles. The number of hydrogen-bond acceptors (Lipinski definition) is 5. The van der Waals surface area contributed by atoms with Crippen molar-refractivity contribution >= 4 is 23.8 Å². The van der Waals surface area contributed by atoms with Crippen LogP contribution >= 0.6 is 0 Å². The Morgan fingerprint density at radius 3 is 2.41 bits per heavy atom. The predicted molar refractivity (Wildman–Crippen MR) is 110 cm³/mol. The van der Waals surface area contributed by atoms with Crippen molar-refractivity contribution in [3.8, 4) is 11.3 Å². The van der Waals surface area contributed by atoms with Crippen LogP contribution in [-0.4, -0.2) is 58.6 Å². The van der Waals surface area contributed by atoms with Crippen molar-refractivity contribution in [2.45, 2.75) is 26.3 Å². The lowest BCUT2D eigenvalue weighted by Gasteiger charge is -2.43. The molecule has 1 saturated heterocycles. The summed E-state index contributed by atoms with van der Waals surface area (Å²) in [5.74, 6) is 0.624. The molecule has 1 aromatic carbocycles. The Kier molecular flexibility index (Phi) is 5.56. The van der Waals surface area contributed by atoms with Gasteiger partial charge in [0.2, 0.25) is 0 Å². The van der Waals surface area contributed by atoms with Crippen molar-refractivity contribution in [3.05, 3.63) is 42.4 Å². The van der Waals surface area contributed by atoms with Gasteiger partial charge in [-0.15, -0.1) is 0 Å². The van der Waals surface area contributed by atoms with Crippen LogP contribution < -0.4 is 4.90 Å². The van der Waals surface area contributed by atoms with E-state index in [1.165, 1.54) is 11.8 Å². The predicted octanol–water partition coefficient (Wildman–Crippen LogP) is 3.23. The zero-order chi connectivity index (χ0) is 19.4.